The molecule has 1 rings (SSSR count). The zero-order chi connectivity index (χ0) is 11.1. The van der Waals surface area contributed by atoms with E-state index in [4.69, 9.17) is 16.3 Å². The molecule has 0 saturated heterocycles. The van der Waals surface area contributed by atoms with Gasteiger partial charge in [-0.05, 0) is 6.92 Å². The lowest BCUT2D eigenvalue weighted by molar-refractivity contribution is 0.218. The third kappa shape index (κ3) is 4.24. The molecule has 6 heteroatoms. The summed E-state index contributed by atoms with van der Waals surface area (Å²) in [6.45, 7) is 3.47. The average Bonchev–Trinajstić information content (AvgIpc) is 2.23. The lowest BCUT2D eigenvalue weighted by Gasteiger charge is -2.05. The molecule has 1 aromatic rings. The fourth-order valence-electron chi connectivity index (χ4n) is 0.918. The van der Waals surface area contributed by atoms with Crippen LogP contribution in [-0.4, -0.2) is 36.0 Å². The normalized spacial score (nSPS) is 10.3. The lowest BCUT2D eigenvalue weighted by atomic mass is 10.6. The van der Waals surface area contributed by atoms with Crippen molar-refractivity contribution in [2.45, 2.75) is 11.9 Å². The Hall–Kier alpha value is -0.520. The van der Waals surface area contributed by atoms with Gasteiger partial charge in [-0.1, -0.05) is 11.6 Å². The Balaban J connectivity index is 2.63. The highest BCUT2D eigenvalue weighted by molar-refractivity contribution is 7.99. The number of rotatable bonds is 6. The summed E-state index contributed by atoms with van der Waals surface area (Å²) in [6, 6.07) is 0. The van der Waals surface area contributed by atoms with Gasteiger partial charge in [-0.2, -0.15) is 0 Å². The maximum Gasteiger partial charge on any atom is 0.223 e. The SMILES string of the molecule is CCNc1ncc(Cl)c(SCCOC)n1. The number of hydrogen-bond donors (Lipinski definition) is 1. The van der Waals surface area contributed by atoms with Gasteiger partial charge < -0.3 is 10.1 Å². The van der Waals surface area contributed by atoms with Crippen molar-refractivity contribution in [3.05, 3.63) is 11.2 Å². The van der Waals surface area contributed by atoms with Crippen LogP contribution in [0.25, 0.3) is 0 Å². The van der Waals surface area contributed by atoms with Crippen LogP contribution in [0.5, 0.6) is 0 Å². The molecule has 84 valence electrons. The van der Waals surface area contributed by atoms with Crippen LogP contribution in [0.1, 0.15) is 6.92 Å². The van der Waals surface area contributed by atoms with Gasteiger partial charge in [0, 0.05) is 19.4 Å². The van der Waals surface area contributed by atoms with Gasteiger partial charge in [-0.3, -0.25) is 0 Å². The van der Waals surface area contributed by atoms with Crippen molar-refractivity contribution in [3.63, 3.8) is 0 Å². The molecule has 0 aliphatic carbocycles. The molecule has 0 spiro atoms. The molecule has 0 aromatic carbocycles. The van der Waals surface area contributed by atoms with Crippen LogP contribution in [0, 0.1) is 0 Å². The Morgan fingerprint density at radius 1 is 1.60 bits per heavy atom. The maximum absolute atomic E-state index is 5.96. The summed E-state index contributed by atoms with van der Waals surface area (Å²) in [7, 11) is 1.67. The van der Waals surface area contributed by atoms with E-state index in [9.17, 15) is 0 Å². The molecule has 0 amide bonds. The topological polar surface area (TPSA) is 47.0 Å². The van der Waals surface area contributed by atoms with E-state index < -0.39 is 0 Å². The first kappa shape index (κ1) is 12.5. The first-order valence-electron chi connectivity index (χ1n) is 4.66. The maximum atomic E-state index is 5.96. The highest BCUT2D eigenvalue weighted by atomic mass is 35.5. The molecular weight excluding hydrogens is 234 g/mol. The van der Waals surface area contributed by atoms with E-state index >= 15 is 0 Å². The Bertz CT molecular complexity index is 311. The van der Waals surface area contributed by atoms with E-state index in [1.165, 1.54) is 0 Å². The fraction of sp³-hybridized carbons (Fsp3) is 0.556. The minimum atomic E-state index is 0.581. The lowest BCUT2D eigenvalue weighted by Crippen LogP contribution is -2.03. The Morgan fingerprint density at radius 2 is 2.40 bits per heavy atom. The largest absolute Gasteiger partial charge is 0.384 e. The number of halogens is 1. The number of thioether (sulfide) groups is 1. The third-order valence-electron chi connectivity index (χ3n) is 1.57. The van der Waals surface area contributed by atoms with Crippen LogP contribution >= 0.6 is 23.4 Å². The van der Waals surface area contributed by atoms with Crippen molar-refractivity contribution >= 4 is 29.3 Å². The van der Waals surface area contributed by atoms with E-state index in [2.05, 4.69) is 15.3 Å². The molecule has 0 saturated carbocycles. The molecule has 0 fully saturated rings. The molecule has 0 unspecified atom stereocenters. The van der Waals surface area contributed by atoms with Crippen LogP contribution in [0.2, 0.25) is 5.02 Å². The Kier molecular flexibility index (Phi) is 5.75. The molecule has 0 atom stereocenters. The van der Waals surface area contributed by atoms with Crippen molar-refractivity contribution in [2.75, 3.05) is 31.3 Å². The highest BCUT2D eigenvalue weighted by Crippen LogP contribution is 2.24. The van der Waals surface area contributed by atoms with Crippen molar-refractivity contribution in [1.82, 2.24) is 9.97 Å². The predicted molar refractivity (Wildman–Crippen MR) is 63.8 cm³/mol. The minimum absolute atomic E-state index is 0.581. The number of hydrogen-bond acceptors (Lipinski definition) is 5. The van der Waals surface area contributed by atoms with Gasteiger partial charge in [0.15, 0.2) is 0 Å². The second kappa shape index (κ2) is 6.87. The fourth-order valence-corrected chi connectivity index (χ4v) is 1.96. The van der Waals surface area contributed by atoms with Crippen molar-refractivity contribution in [2.24, 2.45) is 0 Å². The van der Waals surface area contributed by atoms with Crippen LogP contribution < -0.4 is 5.32 Å². The smallest absolute Gasteiger partial charge is 0.223 e. The standard InChI is InChI=1S/C9H14ClN3OS/c1-3-11-9-12-6-7(10)8(13-9)15-5-4-14-2/h6H,3-5H2,1-2H3,(H,11,12,13). The predicted octanol–water partition coefficient (Wildman–Crippen LogP) is 2.30. The van der Waals surface area contributed by atoms with Gasteiger partial charge in [-0.25, -0.2) is 9.97 Å². The molecule has 0 bridgehead atoms. The summed E-state index contributed by atoms with van der Waals surface area (Å²) in [5.74, 6) is 1.44. The molecule has 0 radical (unpaired) electrons. The monoisotopic (exact) mass is 247 g/mol. The van der Waals surface area contributed by atoms with E-state index in [0.29, 0.717) is 17.6 Å². The van der Waals surface area contributed by atoms with Crippen molar-refractivity contribution < 1.29 is 4.74 Å². The second-order valence-corrected chi connectivity index (χ2v) is 4.21. The number of nitrogens with zero attached hydrogens (tertiary/aromatic N) is 2. The van der Waals surface area contributed by atoms with Gasteiger partial charge in [0.05, 0.1) is 17.8 Å². The quantitative estimate of drug-likeness (QED) is 0.475. The van der Waals surface area contributed by atoms with Crippen molar-refractivity contribution in [1.29, 1.82) is 0 Å². The van der Waals surface area contributed by atoms with Crippen LogP contribution in [0.3, 0.4) is 0 Å². The van der Waals surface area contributed by atoms with Gasteiger partial charge >= 0.3 is 0 Å². The summed E-state index contributed by atoms with van der Waals surface area (Å²) < 4.78 is 4.96. The van der Waals surface area contributed by atoms with Gasteiger partial charge in [0.2, 0.25) is 5.95 Å². The summed E-state index contributed by atoms with van der Waals surface area (Å²) in [5, 5.41) is 4.41. The van der Waals surface area contributed by atoms with Gasteiger partial charge in [0.1, 0.15) is 5.03 Å². The average molecular weight is 248 g/mol. The number of nitrogens with one attached hydrogen (secondary N) is 1. The van der Waals surface area contributed by atoms with Gasteiger partial charge in [0.25, 0.3) is 0 Å². The molecule has 1 aromatic heterocycles. The van der Waals surface area contributed by atoms with E-state index in [-0.39, 0.29) is 0 Å². The number of aromatic nitrogens is 2. The molecule has 4 nitrogen and oxygen atoms in total. The molecule has 15 heavy (non-hydrogen) atoms. The van der Waals surface area contributed by atoms with E-state index in [1.54, 1.807) is 25.1 Å². The van der Waals surface area contributed by atoms with E-state index in [0.717, 1.165) is 17.3 Å². The summed E-state index contributed by atoms with van der Waals surface area (Å²) >= 11 is 7.52. The Labute approximate surface area is 98.8 Å². The summed E-state index contributed by atoms with van der Waals surface area (Å²) in [4.78, 5) is 8.35. The molecule has 0 aliphatic rings. The summed E-state index contributed by atoms with van der Waals surface area (Å²) in [6.07, 6.45) is 1.61. The Morgan fingerprint density at radius 3 is 3.07 bits per heavy atom. The molecular formula is C9H14ClN3OS. The summed E-state index contributed by atoms with van der Waals surface area (Å²) in [5.41, 5.74) is 0. The van der Waals surface area contributed by atoms with E-state index in [1.807, 2.05) is 6.92 Å². The molecule has 1 heterocycles. The van der Waals surface area contributed by atoms with Gasteiger partial charge in [-0.15, -0.1) is 11.8 Å². The zero-order valence-corrected chi connectivity index (χ0v) is 10.4. The minimum Gasteiger partial charge on any atom is -0.384 e. The number of methoxy groups -OCH3 is 1. The molecule has 0 aliphatic heterocycles. The zero-order valence-electron chi connectivity index (χ0n) is 8.79. The van der Waals surface area contributed by atoms with Crippen molar-refractivity contribution in [3.8, 4) is 0 Å². The number of anilines is 1. The van der Waals surface area contributed by atoms with Crippen LogP contribution in [0.15, 0.2) is 11.2 Å². The first-order chi connectivity index (χ1) is 7.27. The third-order valence-corrected chi connectivity index (χ3v) is 2.92. The number of ether oxygens (including phenoxy) is 1. The van der Waals surface area contributed by atoms with Crippen LogP contribution in [0.4, 0.5) is 5.95 Å². The molecule has 1 N–H and O–H groups in total. The first-order valence-corrected chi connectivity index (χ1v) is 6.02. The van der Waals surface area contributed by atoms with Crippen LogP contribution in [-0.2, 0) is 4.74 Å². The second-order valence-electron chi connectivity index (χ2n) is 2.72. The highest BCUT2D eigenvalue weighted by Gasteiger charge is 2.05.